The van der Waals surface area contributed by atoms with E-state index in [-0.39, 0.29) is 12.4 Å². The Morgan fingerprint density at radius 2 is 1.64 bits per heavy atom. The van der Waals surface area contributed by atoms with E-state index in [4.69, 9.17) is 10.5 Å². The number of aliphatic hydroxyl groups excluding tert-OH is 1. The number of pyridine rings is 1. The zero-order valence-corrected chi connectivity index (χ0v) is 15.6. The van der Waals surface area contributed by atoms with Crippen molar-refractivity contribution in [2.45, 2.75) is 18.9 Å². The van der Waals surface area contributed by atoms with Gasteiger partial charge in [0, 0.05) is 0 Å². The van der Waals surface area contributed by atoms with Gasteiger partial charge >= 0.3 is 6.09 Å². The molecule has 0 aliphatic carbocycles. The molecule has 2 unspecified atom stereocenters. The van der Waals surface area contributed by atoms with Crippen molar-refractivity contribution in [1.29, 1.82) is 0 Å². The van der Waals surface area contributed by atoms with Crippen molar-refractivity contribution in [3.63, 3.8) is 0 Å². The van der Waals surface area contributed by atoms with Crippen molar-refractivity contribution in [3.05, 3.63) is 89.6 Å². The SMILES string of the molecule is CCOC(=O)Nc1ccc(C(c2ccccc2)C(O)c2ccccc2)nc1N. The molecule has 6 heteroatoms. The maximum Gasteiger partial charge on any atom is 0.411 e. The average Bonchev–Trinajstić information content (AvgIpc) is 2.72. The van der Waals surface area contributed by atoms with Crippen LogP contribution in [0.4, 0.5) is 16.3 Å². The Labute approximate surface area is 164 Å². The monoisotopic (exact) mass is 377 g/mol. The second-order valence-electron chi connectivity index (χ2n) is 6.26. The molecule has 1 amide bonds. The first kappa shape index (κ1) is 19.4. The van der Waals surface area contributed by atoms with E-state index in [1.54, 1.807) is 19.1 Å². The lowest BCUT2D eigenvalue weighted by Gasteiger charge is -2.24. The molecule has 0 radical (unpaired) electrons. The summed E-state index contributed by atoms with van der Waals surface area (Å²) in [6.07, 6.45) is -1.40. The van der Waals surface area contributed by atoms with E-state index in [1.165, 1.54) is 0 Å². The van der Waals surface area contributed by atoms with E-state index in [0.717, 1.165) is 11.1 Å². The molecule has 6 nitrogen and oxygen atoms in total. The number of nitrogen functional groups attached to an aromatic ring is 1. The van der Waals surface area contributed by atoms with Gasteiger partial charge < -0.3 is 15.6 Å². The fraction of sp³-hybridized carbons (Fsp3) is 0.182. The standard InChI is InChI=1S/C22H23N3O3/c1-2-28-22(27)25-18-14-13-17(24-21(18)23)19(15-9-5-3-6-10-15)20(26)16-11-7-4-8-12-16/h3-14,19-20,26H,2H2,1H3,(H2,23,24)(H,25,27). The third kappa shape index (κ3) is 4.47. The zero-order chi connectivity index (χ0) is 19.9. The summed E-state index contributed by atoms with van der Waals surface area (Å²) in [5.41, 5.74) is 8.72. The molecule has 0 aliphatic rings. The predicted octanol–water partition coefficient (Wildman–Crippen LogP) is 4.10. The van der Waals surface area contributed by atoms with Crippen LogP contribution in [0.15, 0.2) is 72.8 Å². The summed E-state index contributed by atoms with van der Waals surface area (Å²) in [6, 6.07) is 22.5. The Kier molecular flexibility index (Phi) is 6.24. The van der Waals surface area contributed by atoms with Crippen molar-refractivity contribution >= 4 is 17.6 Å². The number of aliphatic hydroxyl groups is 1. The topological polar surface area (TPSA) is 97.5 Å². The maximum absolute atomic E-state index is 11.6. The Bertz CT molecular complexity index is 917. The number of ether oxygens (including phenoxy) is 1. The highest BCUT2D eigenvalue weighted by Crippen LogP contribution is 2.36. The molecule has 0 bridgehead atoms. The van der Waals surface area contributed by atoms with E-state index in [9.17, 15) is 9.90 Å². The average molecular weight is 377 g/mol. The summed E-state index contributed by atoms with van der Waals surface area (Å²) in [4.78, 5) is 16.1. The molecule has 0 spiro atoms. The summed E-state index contributed by atoms with van der Waals surface area (Å²) in [5.74, 6) is -0.255. The number of hydrogen-bond donors (Lipinski definition) is 3. The van der Waals surface area contributed by atoms with Crippen LogP contribution in [0.3, 0.4) is 0 Å². The summed E-state index contributed by atoms with van der Waals surface area (Å²) in [6.45, 7) is 1.98. The molecule has 3 rings (SSSR count). The maximum atomic E-state index is 11.6. The Balaban J connectivity index is 1.97. The fourth-order valence-corrected chi connectivity index (χ4v) is 3.06. The van der Waals surface area contributed by atoms with E-state index in [0.29, 0.717) is 11.4 Å². The van der Waals surface area contributed by atoms with Crippen LogP contribution in [0.25, 0.3) is 0 Å². The number of nitrogens with one attached hydrogen (secondary N) is 1. The molecule has 28 heavy (non-hydrogen) atoms. The molecule has 144 valence electrons. The minimum Gasteiger partial charge on any atom is -0.450 e. The van der Waals surface area contributed by atoms with Crippen LogP contribution in [0, 0.1) is 0 Å². The minimum atomic E-state index is -0.806. The van der Waals surface area contributed by atoms with E-state index >= 15 is 0 Å². The van der Waals surface area contributed by atoms with Gasteiger partial charge in [-0.25, -0.2) is 9.78 Å². The highest BCUT2D eigenvalue weighted by molar-refractivity contribution is 5.87. The molecule has 0 saturated heterocycles. The van der Waals surface area contributed by atoms with Crippen LogP contribution < -0.4 is 11.1 Å². The zero-order valence-electron chi connectivity index (χ0n) is 15.6. The van der Waals surface area contributed by atoms with Crippen LogP contribution >= 0.6 is 0 Å². The number of carbonyl (C=O) groups is 1. The molecular formula is C22H23N3O3. The molecule has 1 aromatic heterocycles. The molecule has 2 atom stereocenters. The van der Waals surface area contributed by atoms with Crippen molar-refractivity contribution in [3.8, 4) is 0 Å². The normalized spacial score (nSPS) is 12.8. The van der Waals surface area contributed by atoms with Crippen LogP contribution in [-0.2, 0) is 4.74 Å². The predicted molar refractivity (Wildman–Crippen MR) is 109 cm³/mol. The van der Waals surface area contributed by atoms with E-state index in [2.05, 4.69) is 10.3 Å². The number of aromatic nitrogens is 1. The minimum absolute atomic E-state index is 0.159. The summed E-state index contributed by atoms with van der Waals surface area (Å²) >= 11 is 0. The molecule has 0 saturated carbocycles. The molecule has 0 aliphatic heterocycles. The van der Waals surface area contributed by atoms with Gasteiger partial charge in [0.2, 0.25) is 0 Å². The Morgan fingerprint density at radius 1 is 1.04 bits per heavy atom. The molecule has 3 aromatic rings. The number of carbonyl (C=O) groups excluding carboxylic acids is 1. The van der Waals surface area contributed by atoms with Crippen molar-refractivity contribution in [2.24, 2.45) is 0 Å². The van der Waals surface area contributed by atoms with Gasteiger partial charge in [0.05, 0.1) is 30.0 Å². The van der Waals surface area contributed by atoms with Gasteiger partial charge in [-0.2, -0.15) is 0 Å². The van der Waals surface area contributed by atoms with Gasteiger partial charge in [-0.3, -0.25) is 5.32 Å². The fourth-order valence-electron chi connectivity index (χ4n) is 3.06. The lowest BCUT2D eigenvalue weighted by molar-refractivity contribution is 0.157. The first-order valence-electron chi connectivity index (χ1n) is 9.08. The highest BCUT2D eigenvalue weighted by atomic mass is 16.5. The second kappa shape index (κ2) is 9.01. The number of amides is 1. The van der Waals surface area contributed by atoms with Crippen molar-refractivity contribution in [1.82, 2.24) is 4.98 Å². The third-order valence-corrected chi connectivity index (χ3v) is 4.39. The van der Waals surface area contributed by atoms with E-state index < -0.39 is 18.1 Å². The summed E-state index contributed by atoms with van der Waals surface area (Å²) < 4.78 is 4.87. The first-order chi connectivity index (χ1) is 13.6. The molecular weight excluding hydrogens is 354 g/mol. The van der Waals surface area contributed by atoms with Gasteiger partial charge in [0.15, 0.2) is 0 Å². The van der Waals surface area contributed by atoms with Crippen molar-refractivity contribution in [2.75, 3.05) is 17.7 Å². The van der Waals surface area contributed by atoms with Gasteiger partial charge in [0.1, 0.15) is 5.82 Å². The van der Waals surface area contributed by atoms with Gasteiger partial charge in [0.25, 0.3) is 0 Å². The lowest BCUT2D eigenvalue weighted by Crippen LogP contribution is -2.17. The number of hydrogen-bond acceptors (Lipinski definition) is 5. The third-order valence-electron chi connectivity index (χ3n) is 4.39. The van der Waals surface area contributed by atoms with Crippen molar-refractivity contribution < 1.29 is 14.6 Å². The quantitative estimate of drug-likeness (QED) is 0.601. The number of nitrogens with two attached hydrogens (primary N) is 1. The summed E-state index contributed by atoms with van der Waals surface area (Å²) in [7, 11) is 0. The largest absolute Gasteiger partial charge is 0.450 e. The van der Waals surface area contributed by atoms with Crippen LogP contribution in [0.2, 0.25) is 0 Å². The van der Waals surface area contributed by atoms with Crippen LogP contribution in [0.5, 0.6) is 0 Å². The van der Waals surface area contributed by atoms with Gasteiger partial charge in [-0.15, -0.1) is 0 Å². The Hall–Kier alpha value is -3.38. The Morgan fingerprint density at radius 3 is 2.21 bits per heavy atom. The van der Waals surface area contributed by atoms with E-state index in [1.807, 2.05) is 60.7 Å². The number of anilines is 2. The summed E-state index contributed by atoms with van der Waals surface area (Å²) in [5, 5.41) is 13.7. The molecule has 1 heterocycles. The van der Waals surface area contributed by atoms with Crippen LogP contribution in [-0.4, -0.2) is 22.8 Å². The lowest BCUT2D eigenvalue weighted by atomic mass is 9.86. The second-order valence-corrected chi connectivity index (χ2v) is 6.26. The number of rotatable bonds is 6. The highest BCUT2D eigenvalue weighted by Gasteiger charge is 2.26. The van der Waals surface area contributed by atoms with Gasteiger partial charge in [-0.1, -0.05) is 60.7 Å². The molecule has 2 aromatic carbocycles. The number of benzene rings is 2. The molecule has 0 fully saturated rings. The smallest absolute Gasteiger partial charge is 0.411 e. The molecule has 4 N–H and O–H groups in total. The number of nitrogens with zero attached hydrogens (tertiary/aromatic N) is 1. The van der Waals surface area contributed by atoms with Crippen LogP contribution in [0.1, 0.15) is 35.8 Å². The first-order valence-corrected chi connectivity index (χ1v) is 9.08. The van der Waals surface area contributed by atoms with Gasteiger partial charge in [-0.05, 0) is 30.2 Å².